The van der Waals surface area contributed by atoms with Gasteiger partial charge in [0.15, 0.2) is 6.29 Å². The van der Waals surface area contributed by atoms with E-state index in [9.17, 15) is 9.18 Å². The lowest BCUT2D eigenvalue weighted by Crippen LogP contribution is -1.94. The minimum atomic E-state index is -0.393. The topological polar surface area (TPSA) is 39.2 Å². The monoisotopic (exact) mass is 419 g/mol. The highest BCUT2D eigenvalue weighted by Crippen LogP contribution is 2.38. The summed E-state index contributed by atoms with van der Waals surface area (Å²) < 4.78 is 20.0. The number of benzene rings is 2. The first-order chi connectivity index (χ1) is 12.1. The van der Waals surface area contributed by atoms with Gasteiger partial charge >= 0.3 is 0 Å². The lowest BCUT2D eigenvalue weighted by molar-refractivity contribution is 0.112. The summed E-state index contributed by atoms with van der Waals surface area (Å²) in [5.41, 5.74) is 2.49. The summed E-state index contributed by atoms with van der Waals surface area (Å²) in [6.07, 6.45) is 2.28. The fourth-order valence-electron chi connectivity index (χ4n) is 2.52. The van der Waals surface area contributed by atoms with Crippen LogP contribution >= 0.6 is 27.5 Å². The van der Waals surface area contributed by atoms with Gasteiger partial charge in [0.1, 0.15) is 11.6 Å². The fraction of sp³-hybridized carbons (Fsp3) is 0.0526. The van der Waals surface area contributed by atoms with E-state index in [4.69, 9.17) is 16.3 Å². The first-order valence-electron chi connectivity index (χ1n) is 7.29. The van der Waals surface area contributed by atoms with Gasteiger partial charge < -0.3 is 4.74 Å². The molecule has 0 aliphatic rings. The summed E-state index contributed by atoms with van der Waals surface area (Å²) in [5, 5.41) is 0.320. The highest BCUT2D eigenvalue weighted by atomic mass is 79.9. The molecule has 3 nitrogen and oxygen atoms in total. The first-order valence-corrected chi connectivity index (χ1v) is 8.46. The molecule has 0 saturated heterocycles. The van der Waals surface area contributed by atoms with Gasteiger partial charge in [0, 0.05) is 22.9 Å². The van der Waals surface area contributed by atoms with Crippen LogP contribution in [-0.4, -0.2) is 18.4 Å². The Morgan fingerprint density at radius 1 is 1.20 bits per heavy atom. The molecule has 2 aromatic carbocycles. The van der Waals surface area contributed by atoms with Gasteiger partial charge in [0.05, 0.1) is 27.9 Å². The molecule has 0 N–H and O–H groups in total. The zero-order valence-corrected chi connectivity index (χ0v) is 15.4. The van der Waals surface area contributed by atoms with Crippen LogP contribution in [0.5, 0.6) is 5.75 Å². The van der Waals surface area contributed by atoms with Crippen molar-refractivity contribution >= 4 is 33.8 Å². The Morgan fingerprint density at radius 2 is 2.00 bits per heavy atom. The van der Waals surface area contributed by atoms with Crippen molar-refractivity contribution in [2.24, 2.45) is 0 Å². The molecule has 0 radical (unpaired) electrons. The van der Waals surface area contributed by atoms with Crippen molar-refractivity contribution in [3.8, 4) is 28.1 Å². The fourth-order valence-corrected chi connectivity index (χ4v) is 3.21. The Labute approximate surface area is 157 Å². The SMILES string of the molecule is COc1cc(-c2nccc(-c3cccc(Br)c3F)c2Cl)ccc1C=O. The minimum Gasteiger partial charge on any atom is -0.496 e. The van der Waals surface area contributed by atoms with Gasteiger partial charge in [0.2, 0.25) is 0 Å². The zero-order chi connectivity index (χ0) is 18.0. The Morgan fingerprint density at radius 3 is 2.72 bits per heavy atom. The number of pyridine rings is 1. The third-order valence-corrected chi connectivity index (χ3v) is 4.76. The van der Waals surface area contributed by atoms with Crippen molar-refractivity contribution in [1.82, 2.24) is 4.98 Å². The number of hydrogen-bond acceptors (Lipinski definition) is 3. The van der Waals surface area contributed by atoms with Crippen molar-refractivity contribution in [1.29, 1.82) is 0 Å². The smallest absolute Gasteiger partial charge is 0.153 e. The number of nitrogens with zero attached hydrogens (tertiary/aromatic N) is 1. The summed E-state index contributed by atoms with van der Waals surface area (Å²) in [6.45, 7) is 0. The van der Waals surface area contributed by atoms with Crippen molar-refractivity contribution < 1.29 is 13.9 Å². The van der Waals surface area contributed by atoms with Crippen LogP contribution in [0.25, 0.3) is 22.4 Å². The summed E-state index contributed by atoms with van der Waals surface area (Å²) >= 11 is 9.70. The molecule has 3 aromatic rings. The molecule has 1 heterocycles. The third kappa shape index (κ3) is 3.30. The van der Waals surface area contributed by atoms with Crippen LogP contribution in [-0.2, 0) is 0 Å². The summed E-state index contributed by atoms with van der Waals surface area (Å²) in [7, 11) is 1.48. The van der Waals surface area contributed by atoms with E-state index in [0.717, 1.165) is 0 Å². The Bertz CT molecular complexity index is 962. The number of carbonyl (C=O) groups is 1. The van der Waals surface area contributed by atoms with Gasteiger partial charge in [-0.25, -0.2) is 4.39 Å². The third-order valence-electron chi connectivity index (χ3n) is 3.76. The number of aromatic nitrogens is 1. The molecule has 0 aliphatic heterocycles. The van der Waals surface area contributed by atoms with Crippen molar-refractivity contribution in [3.63, 3.8) is 0 Å². The van der Waals surface area contributed by atoms with Crippen molar-refractivity contribution in [2.45, 2.75) is 0 Å². The van der Waals surface area contributed by atoms with E-state index in [1.165, 1.54) is 7.11 Å². The molecule has 0 fully saturated rings. The molecule has 0 atom stereocenters. The number of hydrogen-bond donors (Lipinski definition) is 0. The Balaban J connectivity index is 2.17. The molecule has 1 aromatic heterocycles. The molecular formula is C19H12BrClFNO2. The second-order valence-corrected chi connectivity index (χ2v) is 6.43. The van der Waals surface area contributed by atoms with Gasteiger partial charge in [-0.1, -0.05) is 29.8 Å². The molecule has 0 unspecified atom stereocenters. The van der Waals surface area contributed by atoms with Crippen LogP contribution in [0.1, 0.15) is 10.4 Å². The van der Waals surface area contributed by atoms with Gasteiger partial charge in [0.25, 0.3) is 0 Å². The molecular weight excluding hydrogens is 409 g/mol. The van der Waals surface area contributed by atoms with Gasteiger partial charge in [-0.15, -0.1) is 0 Å². The zero-order valence-electron chi connectivity index (χ0n) is 13.1. The van der Waals surface area contributed by atoms with E-state index in [1.807, 2.05) is 0 Å². The average Bonchev–Trinajstić information content (AvgIpc) is 2.64. The minimum absolute atomic E-state index is 0.320. The summed E-state index contributed by atoms with van der Waals surface area (Å²) in [6, 6.07) is 11.7. The predicted molar refractivity (Wildman–Crippen MR) is 99.7 cm³/mol. The van der Waals surface area contributed by atoms with Gasteiger partial charge in [-0.2, -0.15) is 0 Å². The maximum absolute atomic E-state index is 14.4. The van der Waals surface area contributed by atoms with Crippen molar-refractivity contribution in [2.75, 3.05) is 7.11 Å². The predicted octanol–water partition coefficient (Wildman–Crippen LogP) is 5.79. The number of rotatable bonds is 4. The molecule has 0 spiro atoms. The quantitative estimate of drug-likeness (QED) is 0.501. The van der Waals surface area contributed by atoms with Crippen LogP contribution < -0.4 is 4.74 Å². The maximum atomic E-state index is 14.4. The van der Waals surface area contributed by atoms with E-state index in [2.05, 4.69) is 20.9 Å². The molecule has 25 heavy (non-hydrogen) atoms. The molecule has 126 valence electrons. The number of aldehydes is 1. The molecule has 0 amide bonds. The van der Waals surface area contributed by atoms with Crippen molar-refractivity contribution in [3.05, 3.63) is 69.5 Å². The average molecular weight is 421 g/mol. The number of halogens is 3. The number of ether oxygens (including phenoxy) is 1. The molecule has 0 saturated carbocycles. The van der Waals surface area contributed by atoms with E-state index < -0.39 is 5.82 Å². The second-order valence-electron chi connectivity index (χ2n) is 5.20. The summed E-state index contributed by atoms with van der Waals surface area (Å²) in [4.78, 5) is 15.3. The standard InChI is InChI=1S/C19H12BrClFNO2/c1-25-16-9-11(5-6-12(16)10-24)19-17(21)13(7-8-23-19)14-3-2-4-15(20)18(14)22/h2-10H,1H3. The highest BCUT2D eigenvalue weighted by molar-refractivity contribution is 9.10. The highest BCUT2D eigenvalue weighted by Gasteiger charge is 2.16. The van der Waals surface area contributed by atoms with Crippen LogP contribution in [0.4, 0.5) is 4.39 Å². The molecule has 0 aliphatic carbocycles. The Kier molecular flexibility index (Phi) is 5.16. The largest absolute Gasteiger partial charge is 0.496 e. The van der Waals surface area contributed by atoms with Gasteiger partial charge in [-0.3, -0.25) is 9.78 Å². The molecule has 3 rings (SSSR count). The van der Waals surface area contributed by atoms with E-state index in [0.29, 0.717) is 49.5 Å². The lowest BCUT2D eigenvalue weighted by atomic mass is 10.0. The number of methoxy groups -OCH3 is 1. The second kappa shape index (κ2) is 7.33. The normalized spacial score (nSPS) is 10.6. The number of carbonyl (C=O) groups excluding carboxylic acids is 1. The lowest BCUT2D eigenvalue weighted by Gasteiger charge is -2.12. The van der Waals surface area contributed by atoms with Crippen LogP contribution in [0.15, 0.2) is 53.1 Å². The molecule has 6 heteroatoms. The maximum Gasteiger partial charge on any atom is 0.153 e. The van der Waals surface area contributed by atoms with E-state index >= 15 is 0 Å². The first kappa shape index (κ1) is 17.6. The molecule has 0 bridgehead atoms. The van der Waals surface area contributed by atoms with Crippen LogP contribution in [0.3, 0.4) is 0 Å². The van der Waals surface area contributed by atoms with Crippen LogP contribution in [0.2, 0.25) is 5.02 Å². The van der Waals surface area contributed by atoms with Crippen LogP contribution in [0, 0.1) is 5.82 Å². The van der Waals surface area contributed by atoms with Gasteiger partial charge in [-0.05, 0) is 40.2 Å². The summed E-state index contributed by atoms with van der Waals surface area (Å²) in [5.74, 6) is 0.0276. The van der Waals surface area contributed by atoms with E-state index in [1.54, 1.807) is 48.7 Å². The van der Waals surface area contributed by atoms with E-state index in [-0.39, 0.29) is 0 Å². The Hall–Kier alpha value is -2.24.